The predicted octanol–water partition coefficient (Wildman–Crippen LogP) is 3.99. The largest absolute Gasteiger partial charge is 0.468 e. The number of H-pyrrole nitrogens is 1. The Morgan fingerprint density at radius 2 is 1.82 bits per heavy atom. The number of ketones is 1. The van der Waals surface area contributed by atoms with Crippen LogP contribution in [0.5, 0.6) is 0 Å². The summed E-state index contributed by atoms with van der Waals surface area (Å²) in [5.41, 5.74) is 2.66. The van der Waals surface area contributed by atoms with Gasteiger partial charge in [0.05, 0.1) is 17.7 Å². The van der Waals surface area contributed by atoms with Gasteiger partial charge in [0.15, 0.2) is 6.61 Å². The molecule has 174 valence electrons. The average Bonchev–Trinajstić information content (AvgIpc) is 3.47. The molecule has 0 aliphatic rings. The molecule has 0 amide bonds. The number of furan rings is 1. The number of esters is 1. The van der Waals surface area contributed by atoms with E-state index in [0.29, 0.717) is 22.6 Å². The summed E-state index contributed by atoms with van der Waals surface area (Å²) in [7, 11) is -3.71. The fourth-order valence-electron chi connectivity index (χ4n) is 3.48. The van der Waals surface area contributed by atoms with Gasteiger partial charge in [-0.3, -0.25) is 4.79 Å². The van der Waals surface area contributed by atoms with Crippen LogP contribution < -0.4 is 4.72 Å². The summed E-state index contributed by atoms with van der Waals surface area (Å²) < 4.78 is 37.4. The first-order valence-electron chi connectivity index (χ1n) is 10.4. The number of aryl methyl sites for hydroxylation is 1. The second kappa shape index (κ2) is 9.90. The highest BCUT2D eigenvalue weighted by Crippen LogP contribution is 2.22. The van der Waals surface area contributed by atoms with Crippen LogP contribution in [0.2, 0.25) is 0 Å². The molecule has 0 aliphatic carbocycles. The molecular formula is C25H22N2O6S. The molecule has 2 aromatic heterocycles. The van der Waals surface area contributed by atoms with Crippen LogP contribution in [0.1, 0.15) is 27.4 Å². The van der Waals surface area contributed by atoms with Crippen LogP contribution in [-0.2, 0) is 26.1 Å². The lowest BCUT2D eigenvalue weighted by molar-refractivity contribution is -0.136. The van der Waals surface area contributed by atoms with Gasteiger partial charge in [0.2, 0.25) is 15.8 Å². The van der Waals surface area contributed by atoms with E-state index in [9.17, 15) is 18.0 Å². The molecular weight excluding hydrogens is 456 g/mol. The van der Waals surface area contributed by atoms with E-state index >= 15 is 0 Å². The zero-order valence-electron chi connectivity index (χ0n) is 18.3. The summed E-state index contributed by atoms with van der Waals surface area (Å²) in [4.78, 5) is 27.9. The molecule has 0 saturated carbocycles. The van der Waals surface area contributed by atoms with Gasteiger partial charge in [-0.1, -0.05) is 30.3 Å². The topological polar surface area (TPSA) is 118 Å². The van der Waals surface area contributed by atoms with E-state index in [1.54, 1.807) is 31.2 Å². The van der Waals surface area contributed by atoms with Crippen molar-refractivity contribution < 1.29 is 27.2 Å². The molecule has 0 saturated heterocycles. The molecule has 0 radical (unpaired) electrons. The van der Waals surface area contributed by atoms with Crippen molar-refractivity contribution in [2.75, 3.05) is 6.61 Å². The third-order valence-corrected chi connectivity index (χ3v) is 6.55. The number of carbonyl (C=O) groups excluding carboxylic acids is 2. The highest BCUT2D eigenvalue weighted by molar-refractivity contribution is 7.89. The number of carbonyl (C=O) groups is 2. The summed E-state index contributed by atoms with van der Waals surface area (Å²) >= 11 is 0. The van der Waals surface area contributed by atoms with E-state index in [-0.39, 0.29) is 23.8 Å². The number of Topliss-reactive ketones (excluding diaryl/α,β-unsaturated/α-hetero) is 1. The minimum atomic E-state index is -3.71. The van der Waals surface area contributed by atoms with Crippen LogP contribution in [0.15, 0.2) is 82.3 Å². The maximum atomic E-state index is 12.6. The lowest BCUT2D eigenvalue weighted by atomic mass is 10.1. The zero-order valence-corrected chi connectivity index (χ0v) is 19.1. The Bertz CT molecular complexity index is 1450. The third kappa shape index (κ3) is 5.33. The van der Waals surface area contributed by atoms with Gasteiger partial charge < -0.3 is 14.1 Å². The number of nitrogens with one attached hydrogen (secondary N) is 2. The van der Waals surface area contributed by atoms with Crippen LogP contribution in [0.4, 0.5) is 0 Å². The van der Waals surface area contributed by atoms with E-state index in [4.69, 9.17) is 9.15 Å². The fourth-order valence-corrected chi connectivity index (χ4v) is 4.47. The molecule has 4 rings (SSSR count). The molecule has 0 atom stereocenters. The number of rotatable bonds is 9. The smallest absolute Gasteiger partial charge is 0.331 e. The predicted molar refractivity (Wildman–Crippen MR) is 127 cm³/mol. The van der Waals surface area contributed by atoms with Gasteiger partial charge in [0, 0.05) is 28.2 Å². The van der Waals surface area contributed by atoms with Gasteiger partial charge in [-0.2, -0.15) is 0 Å². The van der Waals surface area contributed by atoms with Crippen LogP contribution in [-0.4, -0.2) is 31.8 Å². The van der Waals surface area contributed by atoms with E-state index in [0.717, 1.165) is 10.9 Å². The molecule has 8 nitrogen and oxygen atoms in total. The van der Waals surface area contributed by atoms with Gasteiger partial charge in [-0.05, 0) is 48.9 Å². The molecule has 0 bridgehead atoms. The first-order chi connectivity index (χ1) is 16.3. The average molecular weight is 479 g/mol. The fraction of sp³-hybridized carbons (Fsp3) is 0.120. The van der Waals surface area contributed by atoms with Gasteiger partial charge in [0.1, 0.15) is 5.76 Å². The van der Waals surface area contributed by atoms with Gasteiger partial charge in [-0.25, -0.2) is 17.9 Å². The van der Waals surface area contributed by atoms with Crippen molar-refractivity contribution in [3.05, 3.63) is 95.6 Å². The van der Waals surface area contributed by atoms with Crippen molar-refractivity contribution in [1.82, 2.24) is 9.71 Å². The lowest BCUT2D eigenvalue weighted by Gasteiger charge is -2.05. The minimum absolute atomic E-state index is 0.0413. The minimum Gasteiger partial charge on any atom is -0.468 e. The van der Waals surface area contributed by atoms with Gasteiger partial charge >= 0.3 is 5.97 Å². The number of hydrogen-bond acceptors (Lipinski definition) is 6. The number of hydrogen-bond donors (Lipinski definition) is 2. The Morgan fingerprint density at radius 3 is 2.56 bits per heavy atom. The highest BCUT2D eigenvalue weighted by atomic mass is 32.2. The van der Waals surface area contributed by atoms with E-state index in [1.807, 2.05) is 24.3 Å². The summed E-state index contributed by atoms with van der Waals surface area (Å²) in [6.07, 6.45) is 4.14. The number of para-hydroxylation sites is 1. The van der Waals surface area contributed by atoms with Crippen LogP contribution in [0, 0.1) is 6.92 Å². The van der Waals surface area contributed by atoms with Crippen LogP contribution in [0.25, 0.3) is 17.0 Å². The first-order valence-corrected chi connectivity index (χ1v) is 11.9. The van der Waals surface area contributed by atoms with E-state index in [2.05, 4.69) is 9.71 Å². The molecule has 0 unspecified atom stereocenters. The second-order valence-corrected chi connectivity index (χ2v) is 9.27. The number of sulfonamides is 1. The highest BCUT2D eigenvalue weighted by Gasteiger charge is 2.17. The Hall–Kier alpha value is -3.95. The van der Waals surface area contributed by atoms with Crippen molar-refractivity contribution in [1.29, 1.82) is 0 Å². The Balaban J connectivity index is 1.33. The molecule has 2 aromatic carbocycles. The number of benzene rings is 2. The van der Waals surface area contributed by atoms with E-state index < -0.39 is 16.0 Å². The summed E-state index contributed by atoms with van der Waals surface area (Å²) in [5, 5.41) is 0.783. The van der Waals surface area contributed by atoms with Gasteiger partial charge in [0.25, 0.3) is 0 Å². The molecule has 2 N–H and O–H groups in total. The van der Waals surface area contributed by atoms with Crippen LogP contribution >= 0.6 is 0 Å². The quantitative estimate of drug-likeness (QED) is 0.213. The third-order valence-electron chi connectivity index (χ3n) is 5.14. The molecule has 9 heteroatoms. The Kier molecular flexibility index (Phi) is 6.76. The molecule has 0 aliphatic heterocycles. The SMILES string of the molecule is Cc1[nH]c2ccccc2c1C(=O)COC(=O)/C=C/c1ccc(S(=O)(=O)NCc2ccco2)cc1. The monoisotopic (exact) mass is 478 g/mol. The number of aromatic amines is 1. The summed E-state index contributed by atoms with van der Waals surface area (Å²) in [6, 6.07) is 16.8. The van der Waals surface area contributed by atoms with E-state index in [1.165, 1.54) is 30.5 Å². The normalized spacial score (nSPS) is 11.8. The second-order valence-electron chi connectivity index (χ2n) is 7.51. The molecule has 4 aromatic rings. The number of aromatic nitrogens is 1. The summed E-state index contributed by atoms with van der Waals surface area (Å²) in [5.74, 6) is -0.476. The van der Waals surface area contributed by atoms with Crippen LogP contribution in [0.3, 0.4) is 0 Å². The standard InChI is InChI=1S/C25H22N2O6S/c1-17-25(21-6-2-3-7-22(21)27-17)23(28)16-33-24(29)13-10-18-8-11-20(12-9-18)34(30,31)26-15-19-5-4-14-32-19/h2-14,26-27H,15-16H2,1H3/b13-10+. The zero-order chi connectivity index (χ0) is 24.1. The number of fused-ring (bicyclic) bond motifs is 1. The summed E-state index contributed by atoms with van der Waals surface area (Å²) in [6.45, 7) is 1.45. The first kappa shape index (κ1) is 23.2. The lowest BCUT2D eigenvalue weighted by Crippen LogP contribution is -2.22. The van der Waals surface area contributed by atoms with Crippen molar-refractivity contribution >= 4 is 38.8 Å². The van der Waals surface area contributed by atoms with Crippen molar-refractivity contribution in [3.8, 4) is 0 Å². The molecule has 0 fully saturated rings. The van der Waals surface area contributed by atoms with Crippen molar-refractivity contribution in [2.45, 2.75) is 18.4 Å². The van der Waals surface area contributed by atoms with Gasteiger partial charge in [-0.15, -0.1) is 0 Å². The maximum absolute atomic E-state index is 12.6. The Morgan fingerprint density at radius 1 is 1.06 bits per heavy atom. The molecule has 0 spiro atoms. The van der Waals surface area contributed by atoms with Crippen molar-refractivity contribution in [2.24, 2.45) is 0 Å². The molecule has 34 heavy (non-hydrogen) atoms. The number of ether oxygens (including phenoxy) is 1. The molecule has 2 heterocycles. The Labute approximate surface area is 196 Å². The maximum Gasteiger partial charge on any atom is 0.331 e. The van der Waals surface area contributed by atoms with Crippen molar-refractivity contribution in [3.63, 3.8) is 0 Å².